The number of ether oxygens (including phenoxy) is 1. The maximum atomic E-state index is 11.0. The molecular formula is C15H14N2O2. The molecular weight excluding hydrogens is 240 g/mol. The summed E-state index contributed by atoms with van der Waals surface area (Å²) in [5, 5.41) is 1.55. The van der Waals surface area contributed by atoms with Gasteiger partial charge in [-0.3, -0.25) is 5.01 Å². The van der Waals surface area contributed by atoms with Gasteiger partial charge in [-0.2, -0.15) is 0 Å². The Labute approximate surface area is 111 Å². The summed E-state index contributed by atoms with van der Waals surface area (Å²) in [7, 11) is 0. The molecule has 2 aromatic carbocycles. The fourth-order valence-corrected chi connectivity index (χ4v) is 1.57. The molecule has 0 amide bonds. The number of nitrogens with zero attached hydrogens (tertiary/aromatic N) is 1. The number of carbonyl (C=O) groups is 1. The van der Waals surface area contributed by atoms with Crippen molar-refractivity contribution >= 4 is 17.3 Å². The molecule has 4 heteroatoms. The number of esters is 1. The van der Waals surface area contributed by atoms with E-state index in [4.69, 9.17) is 10.6 Å². The van der Waals surface area contributed by atoms with E-state index >= 15 is 0 Å². The van der Waals surface area contributed by atoms with Gasteiger partial charge in [-0.15, -0.1) is 0 Å². The summed E-state index contributed by atoms with van der Waals surface area (Å²) in [6.07, 6.45) is 1.12. The number of para-hydroxylation sites is 1. The maximum absolute atomic E-state index is 11.0. The Bertz CT molecular complexity index is 564. The zero-order chi connectivity index (χ0) is 13.7. The standard InChI is InChI=1S/C15H14N2O2/c1-2-15(18)19-14-10-8-13(9-11-14)17(16)12-6-4-3-5-7-12/h2-11H,1,16H2. The van der Waals surface area contributed by atoms with Crippen LogP contribution in [0.3, 0.4) is 0 Å². The van der Waals surface area contributed by atoms with Gasteiger partial charge >= 0.3 is 5.97 Å². The van der Waals surface area contributed by atoms with E-state index in [0.29, 0.717) is 5.75 Å². The molecule has 4 nitrogen and oxygen atoms in total. The minimum Gasteiger partial charge on any atom is -0.423 e. The Morgan fingerprint density at radius 3 is 2.21 bits per heavy atom. The van der Waals surface area contributed by atoms with E-state index < -0.39 is 5.97 Å². The van der Waals surface area contributed by atoms with Crippen molar-refractivity contribution in [1.82, 2.24) is 0 Å². The highest BCUT2D eigenvalue weighted by Gasteiger charge is 2.05. The van der Waals surface area contributed by atoms with E-state index in [9.17, 15) is 4.79 Å². The molecule has 96 valence electrons. The Morgan fingerprint density at radius 1 is 1.05 bits per heavy atom. The molecule has 0 saturated carbocycles. The lowest BCUT2D eigenvalue weighted by Crippen LogP contribution is -2.24. The summed E-state index contributed by atoms with van der Waals surface area (Å²) in [5.41, 5.74) is 1.67. The van der Waals surface area contributed by atoms with Crippen LogP contribution in [0.1, 0.15) is 0 Å². The van der Waals surface area contributed by atoms with E-state index in [1.807, 2.05) is 30.3 Å². The number of carbonyl (C=O) groups excluding carboxylic acids is 1. The molecule has 0 fully saturated rings. The molecule has 2 rings (SSSR count). The number of hydrogen-bond acceptors (Lipinski definition) is 4. The molecule has 0 spiro atoms. The molecule has 0 saturated heterocycles. The molecule has 2 N–H and O–H groups in total. The van der Waals surface area contributed by atoms with Gasteiger partial charge in [-0.05, 0) is 36.4 Å². The molecule has 0 aliphatic rings. The number of rotatable bonds is 4. The van der Waals surface area contributed by atoms with E-state index in [-0.39, 0.29) is 0 Å². The minimum atomic E-state index is -0.486. The first-order chi connectivity index (χ1) is 9.20. The smallest absolute Gasteiger partial charge is 0.335 e. The summed E-state index contributed by atoms with van der Waals surface area (Å²) in [6, 6.07) is 16.5. The average Bonchev–Trinajstić information content (AvgIpc) is 2.48. The SMILES string of the molecule is C=CC(=O)Oc1ccc(N(N)c2ccccc2)cc1. The van der Waals surface area contributed by atoms with Crippen LogP contribution in [0, 0.1) is 0 Å². The lowest BCUT2D eigenvalue weighted by Gasteiger charge is -2.18. The van der Waals surface area contributed by atoms with Gasteiger partial charge in [0.05, 0.1) is 11.4 Å². The van der Waals surface area contributed by atoms with Crippen LogP contribution in [0.15, 0.2) is 67.3 Å². The Balaban J connectivity index is 2.14. The number of hydrogen-bond donors (Lipinski definition) is 1. The summed E-state index contributed by atoms with van der Waals surface area (Å²) < 4.78 is 4.99. The molecule has 19 heavy (non-hydrogen) atoms. The van der Waals surface area contributed by atoms with Crippen LogP contribution in [0.2, 0.25) is 0 Å². The number of anilines is 2. The van der Waals surface area contributed by atoms with E-state index in [2.05, 4.69) is 6.58 Å². The molecule has 0 aliphatic carbocycles. The van der Waals surface area contributed by atoms with Crippen molar-refractivity contribution in [3.8, 4) is 5.75 Å². The summed E-state index contributed by atoms with van der Waals surface area (Å²) in [5.74, 6) is 5.97. The van der Waals surface area contributed by atoms with Crippen LogP contribution < -0.4 is 15.6 Å². The maximum Gasteiger partial charge on any atom is 0.335 e. The first kappa shape index (κ1) is 12.9. The van der Waals surface area contributed by atoms with Gasteiger partial charge in [0.15, 0.2) is 0 Å². The van der Waals surface area contributed by atoms with Crippen molar-refractivity contribution in [2.75, 3.05) is 5.01 Å². The molecule has 0 heterocycles. The largest absolute Gasteiger partial charge is 0.423 e. The lowest BCUT2D eigenvalue weighted by atomic mass is 10.2. The van der Waals surface area contributed by atoms with Gasteiger partial charge in [0.2, 0.25) is 0 Å². The Hall–Kier alpha value is -2.59. The van der Waals surface area contributed by atoms with E-state index in [0.717, 1.165) is 17.5 Å². The fourth-order valence-electron chi connectivity index (χ4n) is 1.57. The third-order valence-corrected chi connectivity index (χ3v) is 2.53. The number of hydrazine groups is 1. The summed E-state index contributed by atoms with van der Waals surface area (Å²) in [6.45, 7) is 3.34. The monoisotopic (exact) mass is 254 g/mol. The second-order valence-electron chi connectivity index (χ2n) is 3.82. The van der Waals surface area contributed by atoms with Crippen LogP contribution in [-0.2, 0) is 4.79 Å². The number of nitrogens with two attached hydrogens (primary N) is 1. The zero-order valence-corrected chi connectivity index (χ0v) is 10.3. The molecule has 0 unspecified atom stereocenters. The van der Waals surface area contributed by atoms with Crippen molar-refractivity contribution in [2.24, 2.45) is 5.84 Å². The molecule has 2 aromatic rings. The Morgan fingerprint density at radius 2 is 1.63 bits per heavy atom. The van der Waals surface area contributed by atoms with Crippen molar-refractivity contribution in [3.63, 3.8) is 0 Å². The first-order valence-electron chi connectivity index (χ1n) is 5.75. The highest BCUT2D eigenvalue weighted by Crippen LogP contribution is 2.23. The Kier molecular flexibility index (Phi) is 3.95. The van der Waals surface area contributed by atoms with Crippen molar-refractivity contribution < 1.29 is 9.53 Å². The highest BCUT2D eigenvalue weighted by atomic mass is 16.5. The average molecular weight is 254 g/mol. The van der Waals surface area contributed by atoms with Gasteiger partial charge in [0.1, 0.15) is 5.75 Å². The van der Waals surface area contributed by atoms with Gasteiger partial charge < -0.3 is 4.74 Å². The second kappa shape index (κ2) is 5.84. The molecule has 0 bridgehead atoms. The van der Waals surface area contributed by atoms with Crippen LogP contribution in [0.25, 0.3) is 0 Å². The van der Waals surface area contributed by atoms with Crippen molar-refractivity contribution in [2.45, 2.75) is 0 Å². The third-order valence-electron chi connectivity index (χ3n) is 2.53. The van der Waals surface area contributed by atoms with Crippen molar-refractivity contribution in [3.05, 3.63) is 67.3 Å². The van der Waals surface area contributed by atoms with E-state index in [1.54, 1.807) is 29.3 Å². The molecule has 0 atom stereocenters. The quantitative estimate of drug-likeness (QED) is 0.300. The van der Waals surface area contributed by atoms with Gasteiger partial charge in [0, 0.05) is 6.08 Å². The van der Waals surface area contributed by atoms with E-state index in [1.165, 1.54) is 0 Å². The molecule has 0 radical (unpaired) electrons. The van der Waals surface area contributed by atoms with Gasteiger partial charge in [-0.25, -0.2) is 10.6 Å². The normalized spacial score (nSPS) is 9.74. The second-order valence-corrected chi connectivity index (χ2v) is 3.82. The lowest BCUT2D eigenvalue weighted by molar-refractivity contribution is -0.128. The molecule has 0 aromatic heterocycles. The fraction of sp³-hybridized carbons (Fsp3) is 0. The highest BCUT2D eigenvalue weighted by molar-refractivity contribution is 5.83. The zero-order valence-electron chi connectivity index (χ0n) is 10.3. The van der Waals surface area contributed by atoms with Gasteiger partial charge in [0.25, 0.3) is 0 Å². The topological polar surface area (TPSA) is 55.6 Å². The first-order valence-corrected chi connectivity index (χ1v) is 5.75. The van der Waals surface area contributed by atoms with Crippen LogP contribution >= 0.6 is 0 Å². The summed E-state index contributed by atoms with van der Waals surface area (Å²) in [4.78, 5) is 11.0. The van der Waals surface area contributed by atoms with Crippen molar-refractivity contribution in [1.29, 1.82) is 0 Å². The predicted octanol–water partition coefficient (Wildman–Crippen LogP) is 2.79. The minimum absolute atomic E-state index is 0.454. The third kappa shape index (κ3) is 3.20. The van der Waals surface area contributed by atoms with Gasteiger partial charge in [-0.1, -0.05) is 24.8 Å². The van der Waals surface area contributed by atoms with Crippen LogP contribution in [0.5, 0.6) is 5.75 Å². The molecule has 0 aliphatic heterocycles. The predicted molar refractivity (Wildman–Crippen MR) is 75.0 cm³/mol. The number of benzene rings is 2. The van der Waals surface area contributed by atoms with Crippen LogP contribution in [-0.4, -0.2) is 5.97 Å². The summed E-state index contributed by atoms with van der Waals surface area (Å²) >= 11 is 0. The van der Waals surface area contributed by atoms with Crippen LogP contribution in [0.4, 0.5) is 11.4 Å².